The van der Waals surface area contributed by atoms with Crippen molar-refractivity contribution in [2.45, 2.75) is 51.5 Å². The van der Waals surface area contributed by atoms with Gasteiger partial charge in [-0.05, 0) is 60.9 Å². The fraction of sp³-hybridized carbons (Fsp3) is 0.435. The minimum absolute atomic E-state index is 0.263. The maximum Gasteiger partial charge on any atom is 0.231 e. The molecule has 2 aromatic carbocycles. The zero-order chi connectivity index (χ0) is 18.6. The standard InChI is InChI=1S/C23H27NO3/c1-2-13-24(20-10-9-18-5-3-4-6-19(18)15-20)23(25)12-8-17-7-11-21-22(14-17)27-16-26-21/h3-7,11,14,20H,2,8-10,12-13,15-16H2,1H3. The van der Waals surface area contributed by atoms with Gasteiger partial charge in [-0.25, -0.2) is 0 Å². The molecule has 0 N–H and O–H groups in total. The molecule has 4 rings (SSSR count). The fourth-order valence-corrected chi connectivity index (χ4v) is 4.19. The Morgan fingerprint density at radius 1 is 1.11 bits per heavy atom. The molecule has 1 heterocycles. The van der Waals surface area contributed by atoms with Gasteiger partial charge in [-0.2, -0.15) is 0 Å². The molecule has 0 saturated carbocycles. The van der Waals surface area contributed by atoms with Crippen LogP contribution in [0.3, 0.4) is 0 Å². The predicted molar refractivity (Wildman–Crippen MR) is 105 cm³/mol. The van der Waals surface area contributed by atoms with E-state index >= 15 is 0 Å². The SMILES string of the molecule is CCCN(C(=O)CCc1ccc2c(c1)OCO2)C1CCc2ccccc2C1. The van der Waals surface area contributed by atoms with Gasteiger partial charge in [0.05, 0.1) is 0 Å². The van der Waals surface area contributed by atoms with Crippen molar-refractivity contribution in [2.75, 3.05) is 13.3 Å². The monoisotopic (exact) mass is 365 g/mol. The minimum atomic E-state index is 0.263. The Hall–Kier alpha value is -2.49. The molecule has 1 aliphatic heterocycles. The van der Waals surface area contributed by atoms with E-state index in [0.717, 1.165) is 55.7 Å². The molecule has 0 bridgehead atoms. The van der Waals surface area contributed by atoms with Crippen molar-refractivity contribution in [3.63, 3.8) is 0 Å². The van der Waals surface area contributed by atoms with Gasteiger partial charge in [0.15, 0.2) is 11.5 Å². The summed E-state index contributed by atoms with van der Waals surface area (Å²) in [6, 6.07) is 14.9. The molecule has 1 atom stereocenters. The number of aryl methyl sites for hydroxylation is 2. The predicted octanol–water partition coefficient (Wildman–Crippen LogP) is 4.14. The Kier molecular flexibility index (Phi) is 5.33. The Bertz CT molecular complexity index is 817. The Balaban J connectivity index is 1.40. The minimum Gasteiger partial charge on any atom is -0.454 e. The maximum atomic E-state index is 13.0. The zero-order valence-electron chi connectivity index (χ0n) is 15.9. The molecule has 142 valence electrons. The fourth-order valence-electron chi connectivity index (χ4n) is 4.19. The van der Waals surface area contributed by atoms with Gasteiger partial charge in [-0.3, -0.25) is 4.79 Å². The van der Waals surface area contributed by atoms with Crippen molar-refractivity contribution in [1.29, 1.82) is 0 Å². The molecular formula is C23H27NO3. The first-order valence-electron chi connectivity index (χ1n) is 9.99. The van der Waals surface area contributed by atoms with E-state index in [1.165, 1.54) is 11.1 Å². The lowest BCUT2D eigenvalue weighted by atomic mass is 9.87. The second kappa shape index (κ2) is 8.03. The number of hydrogen-bond donors (Lipinski definition) is 0. The molecule has 27 heavy (non-hydrogen) atoms. The van der Waals surface area contributed by atoms with Crippen LogP contribution >= 0.6 is 0 Å². The molecule has 2 aliphatic rings. The summed E-state index contributed by atoms with van der Waals surface area (Å²) in [6.45, 7) is 3.27. The number of fused-ring (bicyclic) bond motifs is 2. The lowest BCUT2D eigenvalue weighted by molar-refractivity contribution is -0.133. The van der Waals surface area contributed by atoms with Crippen molar-refractivity contribution in [3.8, 4) is 11.5 Å². The molecule has 1 amide bonds. The third-order valence-corrected chi connectivity index (χ3v) is 5.61. The van der Waals surface area contributed by atoms with Crippen LogP contribution in [0.2, 0.25) is 0 Å². The molecule has 2 aromatic rings. The topological polar surface area (TPSA) is 38.8 Å². The first-order valence-corrected chi connectivity index (χ1v) is 9.99. The Morgan fingerprint density at radius 3 is 2.78 bits per heavy atom. The van der Waals surface area contributed by atoms with Crippen LogP contribution in [0, 0.1) is 0 Å². The molecule has 0 fully saturated rings. The van der Waals surface area contributed by atoms with Gasteiger partial charge in [0.1, 0.15) is 0 Å². The molecule has 4 heteroatoms. The van der Waals surface area contributed by atoms with Gasteiger partial charge in [-0.1, -0.05) is 37.3 Å². The van der Waals surface area contributed by atoms with Gasteiger partial charge < -0.3 is 14.4 Å². The van der Waals surface area contributed by atoms with Crippen molar-refractivity contribution < 1.29 is 14.3 Å². The highest BCUT2D eigenvalue weighted by Gasteiger charge is 2.27. The quantitative estimate of drug-likeness (QED) is 0.772. The van der Waals surface area contributed by atoms with E-state index in [0.29, 0.717) is 12.5 Å². The van der Waals surface area contributed by atoms with Crippen LogP contribution in [0.4, 0.5) is 0 Å². The van der Waals surface area contributed by atoms with Gasteiger partial charge in [0.2, 0.25) is 12.7 Å². The highest BCUT2D eigenvalue weighted by atomic mass is 16.7. The molecule has 0 saturated heterocycles. The van der Waals surface area contributed by atoms with E-state index in [1.807, 2.05) is 18.2 Å². The molecular weight excluding hydrogens is 338 g/mol. The number of hydrogen-bond acceptors (Lipinski definition) is 3. The smallest absolute Gasteiger partial charge is 0.231 e. The van der Waals surface area contributed by atoms with E-state index in [9.17, 15) is 4.79 Å². The van der Waals surface area contributed by atoms with Crippen molar-refractivity contribution in [3.05, 3.63) is 59.2 Å². The number of benzene rings is 2. The second-order valence-electron chi connectivity index (χ2n) is 7.44. The highest BCUT2D eigenvalue weighted by Crippen LogP contribution is 2.33. The Morgan fingerprint density at radius 2 is 1.93 bits per heavy atom. The van der Waals surface area contributed by atoms with Crippen LogP contribution in [0.1, 0.15) is 42.9 Å². The van der Waals surface area contributed by atoms with Crippen LogP contribution in [0.25, 0.3) is 0 Å². The zero-order valence-corrected chi connectivity index (χ0v) is 15.9. The van der Waals surface area contributed by atoms with Crippen molar-refractivity contribution in [2.24, 2.45) is 0 Å². The summed E-state index contributed by atoms with van der Waals surface area (Å²) in [5, 5.41) is 0. The van der Waals surface area contributed by atoms with Crippen LogP contribution in [-0.2, 0) is 24.1 Å². The summed E-state index contributed by atoms with van der Waals surface area (Å²) in [5.74, 6) is 1.84. The van der Waals surface area contributed by atoms with E-state index < -0.39 is 0 Å². The second-order valence-corrected chi connectivity index (χ2v) is 7.44. The third-order valence-electron chi connectivity index (χ3n) is 5.61. The van der Waals surface area contributed by atoms with Crippen molar-refractivity contribution in [1.82, 2.24) is 4.90 Å². The molecule has 0 radical (unpaired) electrons. The van der Waals surface area contributed by atoms with Gasteiger partial charge in [-0.15, -0.1) is 0 Å². The number of amides is 1. The summed E-state index contributed by atoms with van der Waals surface area (Å²) in [5.41, 5.74) is 3.97. The average Bonchev–Trinajstić information content (AvgIpc) is 3.17. The summed E-state index contributed by atoms with van der Waals surface area (Å²) in [7, 11) is 0. The van der Waals surface area contributed by atoms with E-state index in [4.69, 9.17) is 9.47 Å². The number of carbonyl (C=O) groups is 1. The van der Waals surface area contributed by atoms with Gasteiger partial charge in [0.25, 0.3) is 0 Å². The Labute approximate surface area is 161 Å². The molecule has 1 aliphatic carbocycles. The number of nitrogens with zero attached hydrogens (tertiary/aromatic N) is 1. The van der Waals surface area contributed by atoms with Crippen LogP contribution in [0.15, 0.2) is 42.5 Å². The highest BCUT2D eigenvalue weighted by molar-refractivity contribution is 5.77. The van der Waals surface area contributed by atoms with E-state index in [1.54, 1.807) is 0 Å². The third kappa shape index (κ3) is 3.95. The summed E-state index contributed by atoms with van der Waals surface area (Å²) in [6.07, 6.45) is 5.37. The molecule has 0 aromatic heterocycles. The largest absolute Gasteiger partial charge is 0.454 e. The first-order chi connectivity index (χ1) is 13.2. The lowest BCUT2D eigenvalue weighted by Crippen LogP contribution is -2.44. The van der Waals surface area contributed by atoms with Gasteiger partial charge >= 0.3 is 0 Å². The van der Waals surface area contributed by atoms with Crippen LogP contribution in [0.5, 0.6) is 11.5 Å². The summed E-state index contributed by atoms with van der Waals surface area (Å²) >= 11 is 0. The van der Waals surface area contributed by atoms with Gasteiger partial charge in [0, 0.05) is 19.0 Å². The summed E-state index contributed by atoms with van der Waals surface area (Å²) in [4.78, 5) is 15.1. The molecule has 4 nitrogen and oxygen atoms in total. The van der Waals surface area contributed by atoms with Crippen LogP contribution in [-0.4, -0.2) is 30.2 Å². The van der Waals surface area contributed by atoms with E-state index in [2.05, 4.69) is 36.1 Å². The first kappa shape index (κ1) is 17.9. The number of rotatable bonds is 6. The number of ether oxygens (including phenoxy) is 2. The van der Waals surface area contributed by atoms with E-state index in [-0.39, 0.29) is 12.7 Å². The summed E-state index contributed by atoms with van der Waals surface area (Å²) < 4.78 is 10.8. The lowest BCUT2D eigenvalue weighted by Gasteiger charge is -2.35. The molecule has 1 unspecified atom stereocenters. The van der Waals surface area contributed by atoms with Crippen LogP contribution < -0.4 is 9.47 Å². The normalized spacial score (nSPS) is 17.4. The van der Waals surface area contributed by atoms with Crippen molar-refractivity contribution >= 4 is 5.91 Å². The maximum absolute atomic E-state index is 13.0. The number of carbonyl (C=O) groups excluding carboxylic acids is 1. The molecule has 0 spiro atoms. The average molecular weight is 365 g/mol.